The molecule has 22 heavy (non-hydrogen) atoms. The number of aromatic nitrogens is 4. The number of fused-ring (bicyclic) bond motifs is 1. The Hall–Kier alpha value is -1.78. The lowest BCUT2D eigenvalue weighted by Gasteiger charge is -2.08. The van der Waals surface area contributed by atoms with Crippen molar-refractivity contribution in [3.63, 3.8) is 0 Å². The Labute approximate surface area is 125 Å². The molecule has 0 atom stereocenters. The molecule has 0 aliphatic heterocycles. The fraction of sp³-hybridized carbons (Fsp3) is 0.500. The number of aliphatic hydroxyl groups excluding tert-OH is 1. The zero-order chi connectivity index (χ0) is 16.2. The highest BCUT2D eigenvalue weighted by Gasteiger charge is 2.14. The van der Waals surface area contributed by atoms with Crippen LogP contribution in [0, 0.1) is 0 Å². The van der Waals surface area contributed by atoms with Crippen LogP contribution in [0.5, 0.6) is 0 Å². The van der Waals surface area contributed by atoms with E-state index in [0.717, 1.165) is 0 Å². The summed E-state index contributed by atoms with van der Waals surface area (Å²) in [6.45, 7) is 0.610. The number of aliphatic hydroxyl groups is 1. The van der Waals surface area contributed by atoms with E-state index in [0.29, 0.717) is 30.1 Å². The lowest BCUT2D eigenvalue weighted by Crippen LogP contribution is -2.11. The van der Waals surface area contributed by atoms with Gasteiger partial charge in [0.1, 0.15) is 6.35 Å². The van der Waals surface area contributed by atoms with Crippen molar-refractivity contribution in [2.24, 2.45) is 0 Å². The molecule has 0 aromatic carbocycles. The summed E-state index contributed by atoms with van der Waals surface area (Å²) < 4.78 is 17.2. The average Bonchev–Trinajstić information content (AvgIpc) is 2.83. The first-order valence-corrected chi connectivity index (χ1v) is 8.16. The summed E-state index contributed by atoms with van der Waals surface area (Å²) in [4.78, 5) is 29.7. The van der Waals surface area contributed by atoms with Crippen LogP contribution in [0.3, 0.4) is 0 Å². The highest BCUT2D eigenvalue weighted by atomic mass is 31.2. The van der Waals surface area contributed by atoms with Gasteiger partial charge < -0.3 is 35.2 Å². The number of nitrogens with zero attached hydrogens (tertiary/aromatic N) is 4. The summed E-state index contributed by atoms with van der Waals surface area (Å²) in [5, 5.41) is 11.7. The lowest BCUT2D eigenvalue weighted by molar-refractivity contribution is 0.149. The molecule has 0 unspecified atom stereocenters. The van der Waals surface area contributed by atoms with Crippen LogP contribution in [0.4, 0.5) is 11.8 Å². The van der Waals surface area contributed by atoms with Crippen LogP contribution in [-0.4, -0.2) is 60.5 Å². The first-order chi connectivity index (χ1) is 10.4. The Kier molecular flexibility index (Phi) is 5.27. The van der Waals surface area contributed by atoms with Gasteiger partial charge in [-0.3, -0.25) is 4.57 Å². The smallest absolute Gasteiger partial charge is 0.350 e. The third-order valence-corrected chi connectivity index (χ3v) is 3.14. The standard InChI is InChI=1S/C10H17N6O5P/c11-10-14-8(12-1-3-17)7-9(15-10)16(5-13-7)2-4-21-6-22(18,19)20/h5,17H,1-4,6H2,(H2,18,19,20)(H3,11,12,14,15). The minimum atomic E-state index is -4.18. The van der Waals surface area contributed by atoms with Gasteiger partial charge in [0.15, 0.2) is 17.0 Å². The second-order valence-electron chi connectivity index (χ2n) is 4.39. The van der Waals surface area contributed by atoms with Gasteiger partial charge >= 0.3 is 7.60 Å². The average molecular weight is 332 g/mol. The van der Waals surface area contributed by atoms with Gasteiger partial charge in [-0.25, -0.2) is 4.98 Å². The van der Waals surface area contributed by atoms with E-state index < -0.39 is 13.9 Å². The van der Waals surface area contributed by atoms with Crippen molar-refractivity contribution >= 4 is 30.5 Å². The number of hydrogen-bond acceptors (Lipinski definition) is 8. The Morgan fingerprint density at radius 3 is 2.86 bits per heavy atom. The highest BCUT2D eigenvalue weighted by molar-refractivity contribution is 7.51. The number of anilines is 2. The van der Waals surface area contributed by atoms with E-state index in [-0.39, 0.29) is 19.2 Å². The van der Waals surface area contributed by atoms with Gasteiger partial charge in [0.2, 0.25) is 5.95 Å². The summed E-state index contributed by atoms with van der Waals surface area (Å²) in [5.41, 5.74) is 6.59. The zero-order valence-electron chi connectivity index (χ0n) is 11.6. The van der Waals surface area contributed by atoms with Crippen molar-refractivity contribution in [3.8, 4) is 0 Å². The van der Waals surface area contributed by atoms with Crippen molar-refractivity contribution in [1.82, 2.24) is 19.5 Å². The van der Waals surface area contributed by atoms with Gasteiger partial charge in [-0.15, -0.1) is 0 Å². The lowest BCUT2D eigenvalue weighted by atomic mass is 10.4. The van der Waals surface area contributed by atoms with Crippen molar-refractivity contribution < 1.29 is 24.2 Å². The van der Waals surface area contributed by atoms with E-state index in [1.165, 1.54) is 6.33 Å². The Balaban J connectivity index is 2.11. The molecule has 2 aromatic heterocycles. The van der Waals surface area contributed by atoms with E-state index in [9.17, 15) is 4.57 Å². The number of imidazole rings is 1. The van der Waals surface area contributed by atoms with Crippen molar-refractivity contribution in [2.75, 3.05) is 37.2 Å². The third kappa shape index (κ3) is 4.36. The molecule has 6 N–H and O–H groups in total. The predicted molar refractivity (Wildman–Crippen MR) is 78.2 cm³/mol. The second kappa shape index (κ2) is 6.99. The van der Waals surface area contributed by atoms with Gasteiger partial charge in [0.25, 0.3) is 0 Å². The molecule has 2 heterocycles. The van der Waals surface area contributed by atoms with E-state index in [4.69, 9.17) is 25.4 Å². The van der Waals surface area contributed by atoms with E-state index in [1.807, 2.05) is 0 Å². The van der Waals surface area contributed by atoms with Gasteiger partial charge in [0.05, 0.1) is 19.5 Å². The van der Waals surface area contributed by atoms with E-state index in [1.54, 1.807) is 4.57 Å². The molecule has 122 valence electrons. The van der Waals surface area contributed by atoms with Gasteiger partial charge in [0, 0.05) is 13.1 Å². The second-order valence-corrected chi connectivity index (χ2v) is 5.98. The SMILES string of the molecule is Nc1nc(NCCO)c2ncn(CCOCP(=O)(O)O)c2n1. The Bertz CT molecular complexity index is 686. The molecule has 0 saturated heterocycles. The van der Waals surface area contributed by atoms with Gasteiger partial charge in [-0.2, -0.15) is 9.97 Å². The molecule has 0 aliphatic rings. The van der Waals surface area contributed by atoms with Crippen LogP contribution in [-0.2, 0) is 15.8 Å². The quantitative estimate of drug-likeness (QED) is 0.297. The van der Waals surface area contributed by atoms with E-state index in [2.05, 4.69) is 20.3 Å². The largest absolute Gasteiger partial charge is 0.395 e. The number of nitrogens with two attached hydrogens (primary N) is 1. The molecule has 0 amide bonds. The Morgan fingerprint density at radius 1 is 1.41 bits per heavy atom. The van der Waals surface area contributed by atoms with Crippen LogP contribution in [0.25, 0.3) is 11.2 Å². The molecule has 0 saturated carbocycles. The van der Waals surface area contributed by atoms with Gasteiger partial charge in [-0.1, -0.05) is 0 Å². The fourth-order valence-electron chi connectivity index (χ4n) is 1.77. The summed E-state index contributed by atoms with van der Waals surface area (Å²) in [7, 11) is -4.18. The molecule has 0 aliphatic carbocycles. The molecular weight excluding hydrogens is 315 g/mol. The molecule has 0 fully saturated rings. The zero-order valence-corrected chi connectivity index (χ0v) is 12.5. The van der Waals surface area contributed by atoms with E-state index >= 15 is 0 Å². The number of hydrogen-bond donors (Lipinski definition) is 5. The Morgan fingerprint density at radius 2 is 2.18 bits per heavy atom. The molecule has 11 nitrogen and oxygen atoms in total. The maximum atomic E-state index is 10.7. The maximum Gasteiger partial charge on any atom is 0.350 e. The number of rotatable bonds is 8. The summed E-state index contributed by atoms with van der Waals surface area (Å²) in [6, 6.07) is 0. The molecule has 12 heteroatoms. The number of nitrogens with one attached hydrogen (secondary N) is 1. The number of ether oxygens (including phenoxy) is 1. The first kappa shape index (κ1) is 16.6. The molecule has 0 radical (unpaired) electrons. The topological polar surface area (TPSA) is 169 Å². The minimum absolute atomic E-state index is 0.0471. The summed E-state index contributed by atoms with van der Waals surface area (Å²) in [5.74, 6) is 0.456. The predicted octanol–water partition coefficient (Wildman–Crippen LogP) is -1.04. The first-order valence-electron chi connectivity index (χ1n) is 6.36. The van der Waals surface area contributed by atoms with Crippen LogP contribution in [0.15, 0.2) is 6.33 Å². The van der Waals surface area contributed by atoms with Gasteiger partial charge in [-0.05, 0) is 0 Å². The number of nitrogen functional groups attached to an aromatic ring is 1. The van der Waals surface area contributed by atoms with Crippen molar-refractivity contribution in [2.45, 2.75) is 6.54 Å². The molecule has 2 rings (SSSR count). The monoisotopic (exact) mass is 332 g/mol. The summed E-state index contributed by atoms with van der Waals surface area (Å²) in [6.07, 6.45) is 0.865. The molecule has 2 aromatic rings. The van der Waals surface area contributed by atoms with Crippen LogP contribution < -0.4 is 11.1 Å². The normalized spacial score (nSPS) is 12.0. The van der Waals surface area contributed by atoms with Crippen molar-refractivity contribution in [1.29, 1.82) is 0 Å². The molecule has 0 bridgehead atoms. The highest BCUT2D eigenvalue weighted by Crippen LogP contribution is 2.33. The maximum absolute atomic E-state index is 10.7. The summed E-state index contributed by atoms with van der Waals surface area (Å²) >= 11 is 0. The molecular formula is C10H17N6O5P. The van der Waals surface area contributed by atoms with Crippen molar-refractivity contribution in [3.05, 3.63) is 6.33 Å². The fourth-order valence-corrected chi connectivity index (χ4v) is 2.14. The minimum Gasteiger partial charge on any atom is -0.395 e. The van der Waals surface area contributed by atoms with Crippen LogP contribution in [0.1, 0.15) is 0 Å². The third-order valence-electron chi connectivity index (χ3n) is 2.62. The molecule has 0 spiro atoms. The van der Waals surface area contributed by atoms with Crippen LogP contribution in [0.2, 0.25) is 0 Å². The van der Waals surface area contributed by atoms with Crippen LogP contribution >= 0.6 is 7.60 Å².